The van der Waals surface area contributed by atoms with Crippen LogP contribution < -0.4 is 10.2 Å². The van der Waals surface area contributed by atoms with Gasteiger partial charge in [-0.3, -0.25) is 5.32 Å². The van der Waals surface area contributed by atoms with Crippen molar-refractivity contribution in [1.82, 2.24) is 0 Å². The summed E-state index contributed by atoms with van der Waals surface area (Å²) < 4.78 is 21.3. The van der Waals surface area contributed by atoms with Gasteiger partial charge >= 0.3 is 6.09 Å². The smallest absolute Gasteiger partial charge is 0.409 e. The first-order chi connectivity index (χ1) is 13.9. The molecule has 5 nitrogen and oxygen atoms in total. The van der Waals surface area contributed by atoms with E-state index in [1.807, 2.05) is 42.3 Å². The number of nitrogens with one attached hydrogen (secondary N) is 1. The van der Waals surface area contributed by atoms with Crippen LogP contribution in [0.3, 0.4) is 0 Å². The molecule has 0 unspecified atom stereocenters. The molecule has 1 amide bonds. The maximum absolute atomic E-state index is 15.1. The van der Waals surface area contributed by atoms with E-state index in [9.17, 15) is 4.79 Å². The predicted molar refractivity (Wildman–Crippen MR) is 123 cm³/mol. The zero-order valence-electron chi connectivity index (χ0n) is 18.8. The van der Waals surface area contributed by atoms with Crippen LogP contribution in [0, 0.1) is 5.82 Å². The fourth-order valence-corrected chi connectivity index (χ4v) is 4.08. The van der Waals surface area contributed by atoms with Crippen molar-refractivity contribution in [3.8, 4) is 0 Å². The number of benzene rings is 2. The number of hydrogen-bond acceptors (Lipinski definition) is 3. The van der Waals surface area contributed by atoms with Crippen LogP contribution in [0.5, 0.6) is 0 Å². The molecule has 2 aromatic carbocycles. The second kappa shape index (κ2) is 9.62. The second-order valence-corrected chi connectivity index (χ2v) is 13.9. The summed E-state index contributed by atoms with van der Waals surface area (Å²) in [7, 11) is -0.0936. The first-order valence-corrected chi connectivity index (χ1v) is 13.0. The van der Waals surface area contributed by atoms with E-state index in [4.69, 9.17) is 9.53 Å². The number of carbonyl (C=O) groups is 1. The molecule has 0 heterocycles. The molecule has 0 atom stereocenters. The lowest BCUT2D eigenvalue weighted by Gasteiger charge is -2.36. The summed E-state index contributed by atoms with van der Waals surface area (Å²) in [6.07, 6.45) is -0.726. The van der Waals surface area contributed by atoms with Crippen LogP contribution in [0.1, 0.15) is 31.9 Å². The minimum absolute atomic E-state index is 0.0812. The molecule has 0 saturated carbocycles. The van der Waals surface area contributed by atoms with Gasteiger partial charge in [0.1, 0.15) is 5.82 Å². The molecular weight excluding hydrogens is 399 g/mol. The van der Waals surface area contributed by atoms with E-state index >= 15 is 4.39 Å². The van der Waals surface area contributed by atoms with Gasteiger partial charge < -0.3 is 14.4 Å². The topological polar surface area (TPSA) is 61.8 Å². The Morgan fingerprint density at radius 3 is 2.40 bits per heavy atom. The van der Waals surface area contributed by atoms with Crippen molar-refractivity contribution in [3.63, 3.8) is 0 Å². The molecule has 164 valence electrons. The van der Waals surface area contributed by atoms with E-state index in [1.165, 1.54) is 6.07 Å². The monoisotopic (exact) mass is 432 g/mol. The van der Waals surface area contributed by atoms with E-state index in [0.717, 1.165) is 11.1 Å². The van der Waals surface area contributed by atoms with E-state index in [2.05, 4.69) is 39.2 Å². The van der Waals surface area contributed by atoms with Gasteiger partial charge in [0.15, 0.2) is 8.32 Å². The molecular formula is C23H33FN2O3Si. The lowest BCUT2D eigenvalue weighted by molar-refractivity contribution is 0.209. The van der Waals surface area contributed by atoms with Gasteiger partial charge in [-0.2, -0.15) is 0 Å². The van der Waals surface area contributed by atoms with Crippen LogP contribution in [-0.2, 0) is 17.4 Å². The highest BCUT2D eigenvalue weighted by Crippen LogP contribution is 2.37. The maximum Gasteiger partial charge on any atom is 0.409 e. The second-order valence-electron chi connectivity index (χ2n) is 9.10. The predicted octanol–water partition coefficient (Wildman–Crippen LogP) is 6.12. The Balaban J connectivity index is 2.29. The van der Waals surface area contributed by atoms with E-state index in [0.29, 0.717) is 25.3 Å². The first kappa shape index (κ1) is 23.9. The van der Waals surface area contributed by atoms with Gasteiger partial charge in [0.05, 0.1) is 5.69 Å². The third-order valence-electron chi connectivity index (χ3n) is 5.68. The Morgan fingerprint density at radius 2 is 1.83 bits per heavy atom. The minimum Gasteiger partial charge on any atom is -0.465 e. The lowest BCUT2D eigenvalue weighted by Crippen LogP contribution is -2.41. The van der Waals surface area contributed by atoms with Gasteiger partial charge in [0.2, 0.25) is 0 Å². The molecule has 0 aliphatic rings. The van der Waals surface area contributed by atoms with Crippen molar-refractivity contribution in [2.24, 2.45) is 0 Å². The number of amides is 1. The molecule has 0 saturated heterocycles. The Labute approximate surface area is 180 Å². The summed E-state index contributed by atoms with van der Waals surface area (Å²) in [6, 6.07) is 12.8. The van der Waals surface area contributed by atoms with Crippen LogP contribution in [0.15, 0.2) is 42.5 Å². The summed E-state index contributed by atoms with van der Waals surface area (Å²) in [6.45, 7) is 11.9. The summed E-state index contributed by atoms with van der Waals surface area (Å²) in [5, 5.41) is 11.4. The summed E-state index contributed by atoms with van der Waals surface area (Å²) in [4.78, 5) is 12.9. The molecule has 2 N–H and O–H groups in total. The van der Waals surface area contributed by atoms with Crippen molar-refractivity contribution in [2.45, 2.75) is 51.9 Å². The summed E-state index contributed by atoms with van der Waals surface area (Å²) >= 11 is 0. The average molecular weight is 433 g/mol. The van der Waals surface area contributed by atoms with Crippen LogP contribution >= 0.6 is 0 Å². The van der Waals surface area contributed by atoms with E-state index < -0.39 is 20.2 Å². The molecule has 30 heavy (non-hydrogen) atoms. The fourth-order valence-electron chi connectivity index (χ4n) is 3.04. The van der Waals surface area contributed by atoms with Crippen LogP contribution in [0.2, 0.25) is 18.1 Å². The van der Waals surface area contributed by atoms with E-state index in [-0.39, 0.29) is 10.7 Å². The quantitative estimate of drug-likeness (QED) is 0.494. The number of carboxylic acid groups (broad SMARTS) is 1. The van der Waals surface area contributed by atoms with Gasteiger partial charge in [-0.1, -0.05) is 51.1 Å². The molecule has 0 bridgehead atoms. The molecule has 0 aromatic heterocycles. The fraction of sp³-hybridized carbons (Fsp3) is 0.435. The Hall–Kier alpha value is -2.38. The minimum atomic E-state index is -1.93. The van der Waals surface area contributed by atoms with Gasteiger partial charge in [0.25, 0.3) is 0 Å². The maximum atomic E-state index is 15.1. The van der Waals surface area contributed by atoms with Gasteiger partial charge in [-0.05, 0) is 47.8 Å². The number of halogens is 1. The number of anilines is 2. The van der Waals surface area contributed by atoms with Crippen molar-refractivity contribution in [2.75, 3.05) is 23.9 Å². The first-order valence-electron chi connectivity index (χ1n) is 10.1. The van der Waals surface area contributed by atoms with Crippen molar-refractivity contribution >= 4 is 25.8 Å². The van der Waals surface area contributed by atoms with Gasteiger partial charge in [-0.15, -0.1) is 0 Å². The Kier molecular flexibility index (Phi) is 7.66. The molecule has 2 rings (SSSR count). The third-order valence-corrected chi connectivity index (χ3v) is 10.2. The number of rotatable bonds is 8. The van der Waals surface area contributed by atoms with Gasteiger partial charge in [-0.25, -0.2) is 9.18 Å². The van der Waals surface area contributed by atoms with Crippen molar-refractivity contribution in [3.05, 3.63) is 59.4 Å². The highest BCUT2D eigenvalue weighted by molar-refractivity contribution is 6.74. The number of hydrogen-bond donors (Lipinski definition) is 2. The molecule has 0 fully saturated rings. The highest BCUT2D eigenvalue weighted by atomic mass is 28.4. The molecule has 7 heteroatoms. The zero-order valence-corrected chi connectivity index (χ0v) is 19.8. The van der Waals surface area contributed by atoms with Crippen LogP contribution in [0.4, 0.5) is 20.6 Å². The standard InChI is InChI=1S/C23H33FN2O3Si/c1-23(2,3)30(5,6)29-13-12-18-14-19(25-22(27)28)15-20(24)21(18)26(4)16-17-10-8-7-9-11-17/h7-11,14-15,25H,12-13,16H2,1-6H3,(H,27,28). The molecule has 2 aromatic rings. The highest BCUT2D eigenvalue weighted by Gasteiger charge is 2.37. The molecule has 0 radical (unpaired) electrons. The normalized spacial score (nSPS) is 12.0. The SMILES string of the molecule is CN(Cc1ccccc1)c1c(F)cc(NC(=O)O)cc1CCO[Si](C)(C)C(C)(C)C. The Morgan fingerprint density at radius 1 is 1.20 bits per heavy atom. The summed E-state index contributed by atoms with van der Waals surface area (Å²) in [5.74, 6) is -0.456. The molecule has 0 aliphatic heterocycles. The summed E-state index contributed by atoms with van der Waals surface area (Å²) in [5.41, 5.74) is 2.47. The molecule has 0 spiro atoms. The number of nitrogens with zero attached hydrogens (tertiary/aromatic N) is 1. The van der Waals surface area contributed by atoms with Gasteiger partial charge in [0, 0.05) is 25.9 Å². The van der Waals surface area contributed by atoms with E-state index in [1.54, 1.807) is 6.07 Å². The van der Waals surface area contributed by atoms with Crippen molar-refractivity contribution in [1.29, 1.82) is 0 Å². The Bertz CT molecular complexity index is 867. The van der Waals surface area contributed by atoms with Crippen LogP contribution in [-0.4, -0.2) is 33.2 Å². The average Bonchev–Trinajstić information content (AvgIpc) is 2.60. The third kappa shape index (κ3) is 6.31. The molecule has 0 aliphatic carbocycles. The largest absolute Gasteiger partial charge is 0.465 e. The lowest BCUT2D eigenvalue weighted by atomic mass is 10.1. The van der Waals surface area contributed by atoms with Crippen LogP contribution in [0.25, 0.3) is 0 Å². The van der Waals surface area contributed by atoms with Crippen molar-refractivity contribution < 1.29 is 18.7 Å². The zero-order chi connectivity index (χ0) is 22.5.